The van der Waals surface area contributed by atoms with Gasteiger partial charge < -0.3 is 15.0 Å². The minimum atomic E-state index is 0.0364. The van der Waals surface area contributed by atoms with E-state index in [4.69, 9.17) is 4.74 Å². The number of hydrogen-bond acceptors (Lipinski definition) is 3. The smallest absolute Gasteiger partial charge is 0.220 e. The number of hydrogen-bond donors (Lipinski definition) is 2. The van der Waals surface area contributed by atoms with Crippen LogP contribution in [0.2, 0.25) is 0 Å². The molecule has 3 rings (SSSR count). The molecule has 0 aliphatic heterocycles. The number of imidazole rings is 1. The zero-order chi connectivity index (χ0) is 17.5. The number of aromatic amines is 1. The molecule has 0 bridgehead atoms. The lowest BCUT2D eigenvalue weighted by Crippen LogP contribution is -2.26. The third-order valence-electron chi connectivity index (χ3n) is 4.02. The Labute approximate surface area is 147 Å². The minimum absolute atomic E-state index is 0.0364. The molecule has 130 valence electrons. The number of carbonyl (C=O) groups excluding carboxylic acids is 1. The molecule has 1 aromatic heterocycles. The summed E-state index contributed by atoms with van der Waals surface area (Å²) in [5, 5.41) is 2.97. The van der Waals surface area contributed by atoms with Crippen LogP contribution in [0.5, 0.6) is 5.75 Å². The van der Waals surface area contributed by atoms with Crippen LogP contribution in [0.1, 0.15) is 24.7 Å². The van der Waals surface area contributed by atoms with Gasteiger partial charge in [-0.2, -0.15) is 0 Å². The van der Waals surface area contributed by atoms with E-state index in [1.807, 2.05) is 55.5 Å². The van der Waals surface area contributed by atoms with Gasteiger partial charge in [0.1, 0.15) is 11.6 Å². The normalized spacial score (nSPS) is 10.8. The van der Waals surface area contributed by atoms with Crippen molar-refractivity contribution in [3.63, 3.8) is 0 Å². The van der Waals surface area contributed by atoms with Crippen molar-refractivity contribution in [3.8, 4) is 5.75 Å². The number of benzene rings is 2. The van der Waals surface area contributed by atoms with Crippen LogP contribution < -0.4 is 10.1 Å². The number of nitrogens with one attached hydrogen (secondary N) is 2. The number of H-pyrrole nitrogens is 1. The highest BCUT2D eigenvalue weighted by molar-refractivity contribution is 5.77. The first kappa shape index (κ1) is 17.0. The summed E-state index contributed by atoms with van der Waals surface area (Å²) >= 11 is 0. The molecular formula is C20H23N3O2. The summed E-state index contributed by atoms with van der Waals surface area (Å²) in [5.74, 6) is 1.77. The fourth-order valence-corrected chi connectivity index (χ4v) is 2.79. The number of rotatable bonds is 8. The first-order valence-corrected chi connectivity index (χ1v) is 8.67. The van der Waals surface area contributed by atoms with Crippen molar-refractivity contribution >= 4 is 16.9 Å². The SMILES string of the molecule is CCOc1ccccc1CCNC(=O)CCc1nc2ccccc2[nH]1. The van der Waals surface area contributed by atoms with Gasteiger partial charge in [0.05, 0.1) is 17.6 Å². The number of carbonyl (C=O) groups is 1. The van der Waals surface area contributed by atoms with Crippen LogP contribution in [0.3, 0.4) is 0 Å². The number of fused-ring (bicyclic) bond motifs is 1. The lowest BCUT2D eigenvalue weighted by molar-refractivity contribution is -0.121. The Balaban J connectivity index is 1.45. The van der Waals surface area contributed by atoms with Crippen molar-refractivity contribution in [1.29, 1.82) is 0 Å². The van der Waals surface area contributed by atoms with Gasteiger partial charge in [-0.15, -0.1) is 0 Å². The van der Waals surface area contributed by atoms with E-state index in [1.54, 1.807) is 0 Å². The van der Waals surface area contributed by atoms with Crippen molar-refractivity contribution in [1.82, 2.24) is 15.3 Å². The summed E-state index contributed by atoms with van der Waals surface area (Å²) in [6.07, 6.45) is 1.79. The summed E-state index contributed by atoms with van der Waals surface area (Å²) in [5.41, 5.74) is 3.05. The van der Waals surface area contributed by atoms with Crippen molar-refractivity contribution in [2.75, 3.05) is 13.2 Å². The Morgan fingerprint density at radius 3 is 2.76 bits per heavy atom. The zero-order valence-corrected chi connectivity index (χ0v) is 14.4. The highest BCUT2D eigenvalue weighted by Gasteiger charge is 2.07. The molecule has 0 unspecified atom stereocenters. The predicted octanol–water partition coefficient (Wildman–Crippen LogP) is 3.25. The minimum Gasteiger partial charge on any atom is -0.494 e. The van der Waals surface area contributed by atoms with Crippen LogP contribution in [0.4, 0.5) is 0 Å². The first-order chi connectivity index (χ1) is 12.3. The summed E-state index contributed by atoms with van der Waals surface area (Å²) in [6.45, 7) is 3.21. The van der Waals surface area contributed by atoms with E-state index in [9.17, 15) is 4.79 Å². The van der Waals surface area contributed by atoms with Crippen molar-refractivity contribution in [2.24, 2.45) is 0 Å². The molecule has 5 nitrogen and oxygen atoms in total. The number of amides is 1. The van der Waals surface area contributed by atoms with Gasteiger partial charge in [0.2, 0.25) is 5.91 Å². The van der Waals surface area contributed by atoms with E-state index in [0.29, 0.717) is 26.0 Å². The van der Waals surface area contributed by atoms with Gasteiger partial charge in [0.25, 0.3) is 0 Å². The lowest BCUT2D eigenvalue weighted by atomic mass is 10.1. The second-order valence-electron chi connectivity index (χ2n) is 5.84. The fraction of sp³-hybridized carbons (Fsp3) is 0.300. The maximum absolute atomic E-state index is 12.0. The average molecular weight is 337 g/mol. The van der Waals surface area contributed by atoms with Crippen molar-refractivity contribution < 1.29 is 9.53 Å². The summed E-state index contributed by atoms with van der Waals surface area (Å²) in [6, 6.07) is 15.8. The van der Waals surface area contributed by atoms with Crippen LogP contribution in [-0.2, 0) is 17.6 Å². The molecule has 1 amide bonds. The lowest BCUT2D eigenvalue weighted by Gasteiger charge is -2.10. The van der Waals surface area contributed by atoms with Gasteiger partial charge in [-0.05, 0) is 37.1 Å². The zero-order valence-electron chi connectivity index (χ0n) is 14.4. The van der Waals surface area contributed by atoms with Gasteiger partial charge in [-0.1, -0.05) is 30.3 Å². The number of nitrogens with zero attached hydrogens (tertiary/aromatic N) is 1. The van der Waals surface area contributed by atoms with Crippen LogP contribution in [0, 0.1) is 0 Å². The number of para-hydroxylation sites is 3. The molecule has 25 heavy (non-hydrogen) atoms. The molecule has 1 heterocycles. The monoisotopic (exact) mass is 337 g/mol. The highest BCUT2D eigenvalue weighted by atomic mass is 16.5. The molecule has 2 aromatic carbocycles. The molecule has 2 N–H and O–H groups in total. The predicted molar refractivity (Wildman–Crippen MR) is 98.7 cm³/mol. The van der Waals surface area contributed by atoms with Gasteiger partial charge in [-0.3, -0.25) is 4.79 Å². The van der Waals surface area contributed by atoms with E-state index in [1.165, 1.54) is 0 Å². The van der Waals surface area contributed by atoms with E-state index < -0.39 is 0 Å². The van der Waals surface area contributed by atoms with E-state index in [-0.39, 0.29) is 5.91 Å². The maximum atomic E-state index is 12.0. The van der Waals surface area contributed by atoms with Gasteiger partial charge in [-0.25, -0.2) is 4.98 Å². The van der Waals surface area contributed by atoms with E-state index in [0.717, 1.165) is 34.6 Å². The van der Waals surface area contributed by atoms with Gasteiger partial charge in [0, 0.05) is 19.4 Å². The number of aromatic nitrogens is 2. The van der Waals surface area contributed by atoms with E-state index in [2.05, 4.69) is 15.3 Å². The van der Waals surface area contributed by atoms with Gasteiger partial charge in [0.15, 0.2) is 0 Å². The second-order valence-corrected chi connectivity index (χ2v) is 5.84. The molecular weight excluding hydrogens is 314 g/mol. The Bertz CT molecular complexity index is 809. The fourth-order valence-electron chi connectivity index (χ4n) is 2.79. The Hall–Kier alpha value is -2.82. The molecule has 0 aliphatic rings. The molecule has 0 fully saturated rings. The average Bonchev–Trinajstić information content (AvgIpc) is 3.05. The number of ether oxygens (including phenoxy) is 1. The second kappa shape index (κ2) is 8.33. The molecule has 3 aromatic rings. The largest absolute Gasteiger partial charge is 0.494 e. The third-order valence-corrected chi connectivity index (χ3v) is 4.02. The van der Waals surface area contributed by atoms with Crippen LogP contribution >= 0.6 is 0 Å². The Morgan fingerprint density at radius 1 is 1.12 bits per heavy atom. The summed E-state index contributed by atoms with van der Waals surface area (Å²) < 4.78 is 5.60. The Kier molecular flexibility index (Phi) is 5.67. The quantitative estimate of drug-likeness (QED) is 0.663. The van der Waals surface area contributed by atoms with Crippen LogP contribution in [-0.4, -0.2) is 29.0 Å². The van der Waals surface area contributed by atoms with Crippen LogP contribution in [0.15, 0.2) is 48.5 Å². The third kappa shape index (κ3) is 4.59. The molecule has 0 aliphatic carbocycles. The van der Waals surface area contributed by atoms with Crippen molar-refractivity contribution in [2.45, 2.75) is 26.2 Å². The summed E-state index contributed by atoms with van der Waals surface area (Å²) in [4.78, 5) is 19.8. The Morgan fingerprint density at radius 2 is 1.92 bits per heavy atom. The standard InChI is InChI=1S/C20H23N3O2/c1-2-25-18-10-6-3-7-15(18)13-14-21-20(24)12-11-19-22-16-8-4-5-9-17(16)23-19/h3-10H,2,11-14H2,1H3,(H,21,24)(H,22,23). The molecule has 0 spiro atoms. The summed E-state index contributed by atoms with van der Waals surface area (Å²) in [7, 11) is 0. The highest BCUT2D eigenvalue weighted by Crippen LogP contribution is 2.18. The van der Waals surface area contributed by atoms with E-state index >= 15 is 0 Å². The van der Waals surface area contributed by atoms with Gasteiger partial charge >= 0.3 is 0 Å². The van der Waals surface area contributed by atoms with Crippen molar-refractivity contribution in [3.05, 3.63) is 59.9 Å². The number of aryl methyl sites for hydroxylation is 1. The molecule has 0 saturated heterocycles. The molecule has 0 radical (unpaired) electrons. The molecule has 0 atom stereocenters. The molecule has 5 heteroatoms. The topological polar surface area (TPSA) is 67.0 Å². The van der Waals surface area contributed by atoms with Crippen LogP contribution in [0.25, 0.3) is 11.0 Å². The first-order valence-electron chi connectivity index (χ1n) is 8.67. The maximum Gasteiger partial charge on any atom is 0.220 e. The molecule has 0 saturated carbocycles.